The summed E-state index contributed by atoms with van der Waals surface area (Å²) >= 11 is 0. The summed E-state index contributed by atoms with van der Waals surface area (Å²) < 4.78 is 5.62. The number of carbonyl (C=O) groups excluding carboxylic acids is 1. The van der Waals surface area contributed by atoms with E-state index in [1.165, 1.54) is 18.0 Å². The number of anilines is 1. The van der Waals surface area contributed by atoms with Gasteiger partial charge in [0.1, 0.15) is 5.75 Å². The van der Waals surface area contributed by atoms with Gasteiger partial charge in [-0.25, -0.2) is 9.97 Å². The molecule has 0 aliphatic rings. The molecule has 1 heterocycles. The average Bonchev–Trinajstić information content (AvgIpc) is 2.49. The van der Waals surface area contributed by atoms with Crippen molar-refractivity contribution in [1.29, 1.82) is 0 Å². The molecule has 0 spiro atoms. The monoisotopic (exact) mass is 300 g/mol. The minimum atomic E-state index is -0.588. The maximum atomic E-state index is 11.5. The van der Waals surface area contributed by atoms with Crippen molar-refractivity contribution < 1.29 is 9.53 Å². The maximum absolute atomic E-state index is 11.5. The van der Waals surface area contributed by atoms with Crippen LogP contribution in [-0.4, -0.2) is 21.9 Å². The molecule has 0 bridgehead atoms. The largest absolute Gasteiger partial charge is 0.424 e. The Balaban J connectivity index is 2.05. The van der Waals surface area contributed by atoms with Crippen LogP contribution in [0.15, 0.2) is 36.7 Å². The maximum Gasteiger partial charge on any atom is 0.322 e. The van der Waals surface area contributed by atoms with Crippen LogP contribution < -0.4 is 15.8 Å². The highest BCUT2D eigenvalue weighted by Gasteiger charge is 2.09. The van der Waals surface area contributed by atoms with Gasteiger partial charge in [0.2, 0.25) is 5.91 Å². The molecule has 0 saturated heterocycles. The Morgan fingerprint density at radius 3 is 2.50 bits per heavy atom. The number of ether oxygens (including phenoxy) is 1. The van der Waals surface area contributed by atoms with E-state index in [0.717, 1.165) is 0 Å². The molecule has 6 heteroatoms. The highest BCUT2D eigenvalue weighted by Crippen LogP contribution is 2.23. The van der Waals surface area contributed by atoms with E-state index in [1.54, 1.807) is 6.92 Å². The lowest BCUT2D eigenvalue weighted by Gasteiger charge is -2.09. The van der Waals surface area contributed by atoms with E-state index < -0.39 is 6.04 Å². The lowest BCUT2D eigenvalue weighted by molar-refractivity contribution is -0.117. The highest BCUT2D eigenvalue weighted by molar-refractivity contribution is 5.94. The molecule has 6 nitrogen and oxygen atoms in total. The summed E-state index contributed by atoms with van der Waals surface area (Å²) in [6.45, 7) is 5.84. The standard InChI is InChI=1S/C16H20N4O2/c1-10(2)12-5-4-6-14(7-12)22-16-18-8-13(9-19-16)20-15(21)11(3)17/h4-11H,17H2,1-3H3,(H,20,21). The second-order valence-corrected chi connectivity index (χ2v) is 5.36. The van der Waals surface area contributed by atoms with Gasteiger partial charge in [0, 0.05) is 0 Å². The minimum absolute atomic E-state index is 0.222. The van der Waals surface area contributed by atoms with Crippen molar-refractivity contribution >= 4 is 11.6 Å². The van der Waals surface area contributed by atoms with Crippen molar-refractivity contribution in [3.63, 3.8) is 0 Å². The Labute approximate surface area is 129 Å². The molecule has 116 valence electrons. The zero-order valence-electron chi connectivity index (χ0n) is 12.9. The van der Waals surface area contributed by atoms with Gasteiger partial charge < -0.3 is 15.8 Å². The number of hydrogen-bond donors (Lipinski definition) is 2. The first kappa shape index (κ1) is 15.9. The Hall–Kier alpha value is -2.47. The van der Waals surface area contributed by atoms with Crippen molar-refractivity contribution in [2.24, 2.45) is 5.73 Å². The summed E-state index contributed by atoms with van der Waals surface area (Å²) in [7, 11) is 0. The second-order valence-electron chi connectivity index (χ2n) is 5.36. The molecule has 0 saturated carbocycles. The number of carbonyl (C=O) groups is 1. The van der Waals surface area contributed by atoms with Crippen LogP contribution in [0.3, 0.4) is 0 Å². The number of benzene rings is 1. The minimum Gasteiger partial charge on any atom is -0.424 e. The van der Waals surface area contributed by atoms with Crippen molar-refractivity contribution in [2.45, 2.75) is 32.7 Å². The molecule has 2 aromatic rings. The lowest BCUT2D eigenvalue weighted by Crippen LogP contribution is -2.32. The Bertz CT molecular complexity index is 639. The van der Waals surface area contributed by atoms with E-state index in [4.69, 9.17) is 10.5 Å². The fourth-order valence-corrected chi connectivity index (χ4v) is 1.73. The van der Waals surface area contributed by atoms with E-state index in [-0.39, 0.29) is 11.9 Å². The van der Waals surface area contributed by atoms with E-state index >= 15 is 0 Å². The number of rotatable bonds is 5. The van der Waals surface area contributed by atoms with Crippen LogP contribution in [0.2, 0.25) is 0 Å². The lowest BCUT2D eigenvalue weighted by atomic mass is 10.0. The van der Waals surface area contributed by atoms with Gasteiger partial charge in [0.05, 0.1) is 24.1 Å². The van der Waals surface area contributed by atoms with Gasteiger partial charge in [0.25, 0.3) is 0 Å². The first-order valence-corrected chi connectivity index (χ1v) is 7.12. The van der Waals surface area contributed by atoms with Crippen molar-refractivity contribution in [2.75, 3.05) is 5.32 Å². The van der Waals surface area contributed by atoms with Crippen LogP contribution in [0, 0.1) is 0 Å². The molecule has 1 aromatic heterocycles. The third kappa shape index (κ3) is 4.26. The summed E-state index contributed by atoms with van der Waals surface area (Å²) in [6, 6.07) is 7.42. The Morgan fingerprint density at radius 2 is 1.91 bits per heavy atom. The zero-order valence-corrected chi connectivity index (χ0v) is 12.9. The first-order chi connectivity index (χ1) is 10.5. The summed E-state index contributed by atoms with van der Waals surface area (Å²) in [5.41, 5.74) is 7.13. The van der Waals surface area contributed by atoms with Crippen LogP contribution in [0.5, 0.6) is 11.8 Å². The molecule has 1 amide bonds. The molecule has 1 aromatic carbocycles. The highest BCUT2D eigenvalue weighted by atomic mass is 16.5. The predicted molar refractivity (Wildman–Crippen MR) is 84.9 cm³/mol. The van der Waals surface area contributed by atoms with Gasteiger partial charge in [0.15, 0.2) is 0 Å². The summed E-state index contributed by atoms with van der Waals surface area (Å²) in [5, 5.41) is 2.61. The zero-order chi connectivity index (χ0) is 16.1. The van der Waals surface area contributed by atoms with Crippen LogP contribution in [-0.2, 0) is 4.79 Å². The predicted octanol–water partition coefficient (Wildman–Crippen LogP) is 2.68. The van der Waals surface area contributed by atoms with Crippen LogP contribution in [0.25, 0.3) is 0 Å². The number of nitrogens with two attached hydrogens (primary N) is 1. The molecule has 0 fully saturated rings. The molecular weight excluding hydrogens is 280 g/mol. The van der Waals surface area contributed by atoms with Crippen LogP contribution in [0.4, 0.5) is 5.69 Å². The quantitative estimate of drug-likeness (QED) is 0.886. The van der Waals surface area contributed by atoms with Crippen molar-refractivity contribution in [3.8, 4) is 11.8 Å². The van der Waals surface area contributed by atoms with Gasteiger partial charge in [-0.2, -0.15) is 0 Å². The third-order valence-corrected chi connectivity index (χ3v) is 3.04. The third-order valence-electron chi connectivity index (χ3n) is 3.04. The number of aromatic nitrogens is 2. The summed E-state index contributed by atoms with van der Waals surface area (Å²) in [4.78, 5) is 19.6. The van der Waals surface area contributed by atoms with E-state index in [9.17, 15) is 4.79 Å². The molecule has 3 N–H and O–H groups in total. The van der Waals surface area contributed by atoms with Gasteiger partial charge in [-0.1, -0.05) is 26.0 Å². The fourth-order valence-electron chi connectivity index (χ4n) is 1.73. The molecule has 22 heavy (non-hydrogen) atoms. The number of nitrogens with zero attached hydrogens (tertiary/aromatic N) is 2. The molecule has 1 atom stereocenters. The number of amides is 1. The van der Waals surface area contributed by atoms with E-state index in [1.807, 2.05) is 24.3 Å². The fraction of sp³-hybridized carbons (Fsp3) is 0.312. The molecule has 0 radical (unpaired) electrons. The second kappa shape index (κ2) is 7.00. The molecule has 2 rings (SSSR count). The summed E-state index contributed by atoms with van der Waals surface area (Å²) in [6.07, 6.45) is 2.96. The molecule has 0 aliphatic heterocycles. The Kier molecular flexibility index (Phi) is 5.06. The van der Waals surface area contributed by atoms with Crippen molar-refractivity contribution in [3.05, 3.63) is 42.2 Å². The van der Waals surface area contributed by atoms with E-state index in [0.29, 0.717) is 17.4 Å². The van der Waals surface area contributed by atoms with Gasteiger partial charge in [-0.3, -0.25) is 4.79 Å². The summed E-state index contributed by atoms with van der Waals surface area (Å²) in [5.74, 6) is 0.806. The Morgan fingerprint density at radius 1 is 1.23 bits per heavy atom. The number of hydrogen-bond acceptors (Lipinski definition) is 5. The van der Waals surface area contributed by atoms with Crippen molar-refractivity contribution in [1.82, 2.24) is 9.97 Å². The number of nitrogens with one attached hydrogen (secondary N) is 1. The van der Waals surface area contributed by atoms with Crippen LogP contribution in [0.1, 0.15) is 32.3 Å². The molecular formula is C16H20N4O2. The van der Waals surface area contributed by atoms with Gasteiger partial charge in [-0.05, 0) is 30.5 Å². The SMILES string of the molecule is CC(N)C(=O)Nc1cnc(Oc2cccc(C(C)C)c2)nc1. The first-order valence-electron chi connectivity index (χ1n) is 7.12. The average molecular weight is 300 g/mol. The topological polar surface area (TPSA) is 90.1 Å². The molecule has 0 aliphatic carbocycles. The van der Waals surface area contributed by atoms with E-state index in [2.05, 4.69) is 29.1 Å². The van der Waals surface area contributed by atoms with Gasteiger partial charge in [-0.15, -0.1) is 0 Å². The van der Waals surface area contributed by atoms with Gasteiger partial charge >= 0.3 is 6.01 Å². The smallest absolute Gasteiger partial charge is 0.322 e. The van der Waals surface area contributed by atoms with Crippen LogP contribution >= 0.6 is 0 Å². The molecule has 1 unspecified atom stereocenters. The normalized spacial score (nSPS) is 12.0.